The molecule has 146 valence electrons. The highest BCUT2D eigenvalue weighted by Crippen LogP contribution is 2.26. The van der Waals surface area contributed by atoms with Gasteiger partial charge < -0.3 is 14.8 Å². The van der Waals surface area contributed by atoms with Crippen LogP contribution in [0, 0.1) is 0 Å². The number of nitrogens with zero attached hydrogens (tertiary/aromatic N) is 2. The van der Waals surface area contributed by atoms with Gasteiger partial charge in [0, 0.05) is 23.9 Å². The number of hydrogen-bond acceptors (Lipinski definition) is 5. The maximum Gasteiger partial charge on any atom is 0.137 e. The summed E-state index contributed by atoms with van der Waals surface area (Å²) in [6, 6.07) is 24.1. The molecule has 0 aliphatic carbocycles. The molecule has 0 bridgehead atoms. The van der Waals surface area contributed by atoms with E-state index in [2.05, 4.69) is 17.4 Å². The second-order valence-electron chi connectivity index (χ2n) is 6.70. The third kappa shape index (κ3) is 4.29. The van der Waals surface area contributed by atoms with Crippen molar-refractivity contribution < 1.29 is 9.47 Å². The van der Waals surface area contributed by atoms with Crippen molar-refractivity contribution in [2.24, 2.45) is 0 Å². The van der Waals surface area contributed by atoms with Crippen molar-refractivity contribution in [1.29, 1.82) is 0 Å². The van der Waals surface area contributed by atoms with Crippen molar-refractivity contribution in [2.75, 3.05) is 19.5 Å². The first-order chi connectivity index (χ1) is 14.3. The second kappa shape index (κ2) is 8.61. The average Bonchev–Trinajstić information content (AvgIpc) is 2.78. The lowest BCUT2D eigenvalue weighted by atomic mass is 10.1. The summed E-state index contributed by atoms with van der Waals surface area (Å²) in [5, 5.41) is 4.46. The molecule has 4 rings (SSSR count). The van der Waals surface area contributed by atoms with E-state index < -0.39 is 0 Å². The minimum Gasteiger partial charge on any atom is -0.497 e. The lowest BCUT2D eigenvalue weighted by molar-refractivity contribution is 0.399. The second-order valence-corrected chi connectivity index (χ2v) is 6.70. The minimum atomic E-state index is 0.562. The normalized spacial score (nSPS) is 10.7. The molecule has 0 atom stereocenters. The maximum atomic E-state index is 5.50. The van der Waals surface area contributed by atoms with Gasteiger partial charge in [-0.2, -0.15) is 0 Å². The van der Waals surface area contributed by atoms with E-state index in [1.807, 2.05) is 60.7 Å². The largest absolute Gasteiger partial charge is 0.497 e. The molecular weight excluding hydrogens is 362 g/mol. The number of rotatable bonds is 7. The van der Waals surface area contributed by atoms with Gasteiger partial charge in [-0.15, -0.1) is 0 Å². The molecule has 1 aromatic heterocycles. The van der Waals surface area contributed by atoms with Gasteiger partial charge in [0.2, 0.25) is 0 Å². The SMILES string of the molecule is COc1ccc(OC)c(CNc2nc(Cc3ccccc3)nc3ccccc23)c1. The number of methoxy groups -OCH3 is 2. The number of anilines is 1. The van der Waals surface area contributed by atoms with E-state index in [9.17, 15) is 0 Å². The highest BCUT2D eigenvalue weighted by molar-refractivity contribution is 5.89. The van der Waals surface area contributed by atoms with Gasteiger partial charge in [0.1, 0.15) is 23.1 Å². The van der Waals surface area contributed by atoms with Crippen LogP contribution >= 0.6 is 0 Å². The molecule has 4 aromatic rings. The molecule has 0 aliphatic rings. The summed E-state index contributed by atoms with van der Waals surface area (Å²) in [5.41, 5.74) is 3.11. The molecule has 5 heteroatoms. The molecule has 3 aromatic carbocycles. The zero-order valence-corrected chi connectivity index (χ0v) is 16.6. The highest BCUT2D eigenvalue weighted by atomic mass is 16.5. The Bertz CT molecular complexity index is 1110. The minimum absolute atomic E-state index is 0.562. The first-order valence-electron chi connectivity index (χ1n) is 9.51. The Kier molecular flexibility index (Phi) is 5.56. The van der Waals surface area contributed by atoms with Crippen molar-refractivity contribution >= 4 is 16.7 Å². The zero-order chi connectivity index (χ0) is 20.1. The number of ether oxygens (including phenoxy) is 2. The van der Waals surface area contributed by atoms with Crippen LogP contribution in [0.25, 0.3) is 10.9 Å². The van der Waals surface area contributed by atoms with E-state index in [0.29, 0.717) is 13.0 Å². The van der Waals surface area contributed by atoms with E-state index in [4.69, 9.17) is 19.4 Å². The number of aromatic nitrogens is 2. The number of nitrogens with one attached hydrogen (secondary N) is 1. The van der Waals surface area contributed by atoms with Crippen LogP contribution in [0.1, 0.15) is 17.0 Å². The fourth-order valence-electron chi connectivity index (χ4n) is 3.32. The molecular formula is C24H23N3O2. The van der Waals surface area contributed by atoms with Crippen LogP contribution in [0.2, 0.25) is 0 Å². The molecule has 29 heavy (non-hydrogen) atoms. The van der Waals surface area contributed by atoms with Crippen LogP contribution in [0.3, 0.4) is 0 Å². The summed E-state index contributed by atoms with van der Waals surface area (Å²) in [5.74, 6) is 3.20. The van der Waals surface area contributed by atoms with Gasteiger partial charge in [0.25, 0.3) is 0 Å². The third-order valence-electron chi connectivity index (χ3n) is 4.79. The van der Waals surface area contributed by atoms with Crippen molar-refractivity contribution in [2.45, 2.75) is 13.0 Å². The molecule has 0 aliphatic heterocycles. The molecule has 0 unspecified atom stereocenters. The maximum absolute atomic E-state index is 5.50. The van der Waals surface area contributed by atoms with Crippen LogP contribution in [-0.2, 0) is 13.0 Å². The van der Waals surface area contributed by atoms with Crippen molar-refractivity contribution in [3.63, 3.8) is 0 Å². The predicted molar refractivity (Wildman–Crippen MR) is 116 cm³/mol. The summed E-state index contributed by atoms with van der Waals surface area (Å²) in [4.78, 5) is 9.57. The number of benzene rings is 3. The summed E-state index contributed by atoms with van der Waals surface area (Å²) < 4.78 is 10.8. The van der Waals surface area contributed by atoms with Crippen LogP contribution in [0.4, 0.5) is 5.82 Å². The lowest BCUT2D eigenvalue weighted by Gasteiger charge is -2.14. The molecule has 0 saturated heterocycles. The summed E-state index contributed by atoms with van der Waals surface area (Å²) in [6.45, 7) is 0.562. The van der Waals surface area contributed by atoms with E-state index in [-0.39, 0.29) is 0 Å². The van der Waals surface area contributed by atoms with Crippen LogP contribution in [0.5, 0.6) is 11.5 Å². The highest BCUT2D eigenvalue weighted by Gasteiger charge is 2.10. The van der Waals surface area contributed by atoms with Crippen LogP contribution < -0.4 is 14.8 Å². The van der Waals surface area contributed by atoms with E-state index in [1.165, 1.54) is 5.56 Å². The Morgan fingerprint density at radius 1 is 0.828 bits per heavy atom. The molecule has 0 fully saturated rings. The quantitative estimate of drug-likeness (QED) is 0.493. The van der Waals surface area contributed by atoms with Gasteiger partial charge in [-0.05, 0) is 35.9 Å². The molecule has 0 spiro atoms. The van der Waals surface area contributed by atoms with E-state index in [1.54, 1.807) is 14.2 Å². The first kappa shape index (κ1) is 18.7. The molecule has 0 radical (unpaired) electrons. The first-order valence-corrected chi connectivity index (χ1v) is 9.51. The Balaban J connectivity index is 1.66. The molecule has 0 saturated carbocycles. The van der Waals surface area contributed by atoms with Crippen molar-refractivity contribution in [3.05, 3.63) is 89.7 Å². The van der Waals surface area contributed by atoms with Gasteiger partial charge in [-0.1, -0.05) is 42.5 Å². The molecule has 5 nitrogen and oxygen atoms in total. The van der Waals surface area contributed by atoms with Gasteiger partial charge in [-0.3, -0.25) is 0 Å². The molecule has 0 amide bonds. The lowest BCUT2D eigenvalue weighted by Crippen LogP contribution is -2.07. The zero-order valence-electron chi connectivity index (χ0n) is 16.6. The fraction of sp³-hybridized carbons (Fsp3) is 0.167. The van der Waals surface area contributed by atoms with E-state index >= 15 is 0 Å². The topological polar surface area (TPSA) is 56.3 Å². The van der Waals surface area contributed by atoms with Gasteiger partial charge in [0.15, 0.2) is 0 Å². The monoisotopic (exact) mass is 385 g/mol. The standard InChI is InChI=1S/C24H23N3O2/c1-28-19-12-13-22(29-2)18(15-19)16-25-24-20-10-6-7-11-21(20)26-23(27-24)14-17-8-4-3-5-9-17/h3-13,15H,14,16H2,1-2H3,(H,25,26,27). The number of hydrogen-bond donors (Lipinski definition) is 1. The Hall–Kier alpha value is -3.60. The van der Waals surface area contributed by atoms with Crippen LogP contribution in [0.15, 0.2) is 72.8 Å². The molecule has 1 N–H and O–H groups in total. The Morgan fingerprint density at radius 3 is 2.41 bits per heavy atom. The molecule has 1 heterocycles. The van der Waals surface area contributed by atoms with Crippen molar-refractivity contribution in [1.82, 2.24) is 9.97 Å². The van der Waals surface area contributed by atoms with E-state index in [0.717, 1.165) is 39.6 Å². The number of fused-ring (bicyclic) bond motifs is 1. The Morgan fingerprint density at radius 2 is 1.62 bits per heavy atom. The van der Waals surface area contributed by atoms with Gasteiger partial charge in [-0.25, -0.2) is 9.97 Å². The average molecular weight is 385 g/mol. The predicted octanol–water partition coefficient (Wildman–Crippen LogP) is 4.85. The summed E-state index contributed by atoms with van der Waals surface area (Å²) in [7, 11) is 3.33. The fourth-order valence-corrected chi connectivity index (χ4v) is 3.32. The smallest absolute Gasteiger partial charge is 0.137 e. The van der Waals surface area contributed by atoms with Gasteiger partial charge >= 0.3 is 0 Å². The Labute approximate surface area is 170 Å². The van der Waals surface area contributed by atoms with Gasteiger partial charge in [0.05, 0.1) is 19.7 Å². The van der Waals surface area contributed by atoms with Crippen LogP contribution in [-0.4, -0.2) is 24.2 Å². The number of para-hydroxylation sites is 1. The van der Waals surface area contributed by atoms with Crippen molar-refractivity contribution in [3.8, 4) is 11.5 Å². The summed E-state index contributed by atoms with van der Waals surface area (Å²) in [6.07, 6.45) is 0.683. The summed E-state index contributed by atoms with van der Waals surface area (Å²) >= 11 is 0. The third-order valence-corrected chi connectivity index (χ3v) is 4.79.